The number of rotatable bonds is 13. The SMILES string of the molecule is CCCCCCCCCCc1ccc(NC(=O)OCCCN)cc1.Cl. The highest BCUT2D eigenvalue weighted by Crippen LogP contribution is 2.14. The van der Waals surface area contributed by atoms with Crippen molar-refractivity contribution < 1.29 is 9.53 Å². The Morgan fingerprint density at radius 2 is 1.56 bits per heavy atom. The average Bonchev–Trinajstić information content (AvgIpc) is 2.59. The number of halogens is 1. The third kappa shape index (κ3) is 12.7. The van der Waals surface area contributed by atoms with Crippen molar-refractivity contribution in [3.8, 4) is 0 Å². The topological polar surface area (TPSA) is 64.3 Å². The Morgan fingerprint density at radius 1 is 0.960 bits per heavy atom. The monoisotopic (exact) mass is 370 g/mol. The molecular weight excluding hydrogens is 336 g/mol. The Bertz CT molecular complexity index is 438. The molecule has 1 aromatic carbocycles. The highest BCUT2D eigenvalue weighted by atomic mass is 35.5. The van der Waals surface area contributed by atoms with Crippen molar-refractivity contribution in [2.24, 2.45) is 5.73 Å². The fraction of sp³-hybridized carbons (Fsp3) is 0.650. The van der Waals surface area contributed by atoms with Gasteiger partial charge in [0.1, 0.15) is 0 Å². The molecule has 1 aromatic rings. The molecule has 25 heavy (non-hydrogen) atoms. The molecule has 0 heterocycles. The molecule has 0 unspecified atom stereocenters. The van der Waals surface area contributed by atoms with E-state index in [1.54, 1.807) is 0 Å². The third-order valence-electron chi connectivity index (χ3n) is 4.10. The summed E-state index contributed by atoms with van der Waals surface area (Å²) >= 11 is 0. The van der Waals surface area contributed by atoms with Gasteiger partial charge in [-0.05, 0) is 43.5 Å². The number of carbonyl (C=O) groups is 1. The van der Waals surface area contributed by atoms with Crippen LogP contribution in [0.15, 0.2) is 24.3 Å². The van der Waals surface area contributed by atoms with Crippen LogP contribution in [0, 0.1) is 0 Å². The number of anilines is 1. The van der Waals surface area contributed by atoms with E-state index >= 15 is 0 Å². The van der Waals surface area contributed by atoms with Crippen LogP contribution in [-0.2, 0) is 11.2 Å². The van der Waals surface area contributed by atoms with Crippen LogP contribution in [0.4, 0.5) is 10.5 Å². The van der Waals surface area contributed by atoms with Gasteiger partial charge in [0, 0.05) is 5.69 Å². The standard InChI is InChI=1S/C20H34N2O2.ClH/c1-2-3-4-5-6-7-8-9-11-18-12-14-19(15-13-18)22-20(23)24-17-10-16-21;/h12-15H,2-11,16-17,21H2,1H3,(H,22,23);1H. The highest BCUT2D eigenvalue weighted by Gasteiger charge is 2.02. The first-order chi connectivity index (χ1) is 11.8. The Hall–Kier alpha value is -1.26. The van der Waals surface area contributed by atoms with E-state index in [9.17, 15) is 4.79 Å². The van der Waals surface area contributed by atoms with E-state index < -0.39 is 6.09 Å². The van der Waals surface area contributed by atoms with Gasteiger partial charge in [0.25, 0.3) is 0 Å². The summed E-state index contributed by atoms with van der Waals surface area (Å²) in [5.41, 5.74) is 7.45. The number of hydrogen-bond donors (Lipinski definition) is 2. The summed E-state index contributed by atoms with van der Waals surface area (Å²) in [7, 11) is 0. The molecule has 0 fully saturated rings. The number of hydrogen-bond acceptors (Lipinski definition) is 3. The minimum atomic E-state index is -0.417. The molecular formula is C20H35ClN2O2. The first-order valence-corrected chi connectivity index (χ1v) is 9.49. The minimum Gasteiger partial charge on any atom is -0.449 e. The second-order valence-electron chi connectivity index (χ2n) is 6.32. The normalized spacial score (nSPS) is 10.2. The second kappa shape index (κ2) is 16.2. The number of nitrogens with one attached hydrogen (secondary N) is 1. The van der Waals surface area contributed by atoms with Gasteiger partial charge in [-0.2, -0.15) is 0 Å². The van der Waals surface area contributed by atoms with E-state index in [4.69, 9.17) is 10.5 Å². The van der Waals surface area contributed by atoms with Crippen molar-refractivity contribution in [3.63, 3.8) is 0 Å². The zero-order valence-corrected chi connectivity index (χ0v) is 16.4. The van der Waals surface area contributed by atoms with Gasteiger partial charge in [-0.3, -0.25) is 5.32 Å². The molecule has 0 saturated carbocycles. The van der Waals surface area contributed by atoms with Crippen molar-refractivity contribution in [2.45, 2.75) is 71.1 Å². The molecule has 0 spiro atoms. The van der Waals surface area contributed by atoms with E-state index in [0.29, 0.717) is 19.6 Å². The van der Waals surface area contributed by atoms with Crippen LogP contribution >= 0.6 is 12.4 Å². The van der Waals surface area contributed by atoms with Gasteiger partial charge in [-0.15, -0.1) is 12.4 Å². The summed E-state index contributed by atoms with van der Waals surface area (Å²) in [6.45, 7) is 3.14. The molecule has 3 N–H and O–H groups in total. The van der Waals surface area contributed by atoms with Crippen LogP contribution < -0.4 is 11.1 Å². The first kappa shape index (κ1) is 23.7. The zero-order valence-electron chi connectivity index (χ0n) is 15.6. The Kier molecular flexibility index (Phi) is 15.4. The van der Waals surface area contributed by atoms with Crippen LogP contribution in [0.3, 0.4) is 0 Å². The van der Waals surface area contributed by atoms with Crippen molar-refractivity contribution in [3.05, 3.63) is 29.8 Å². The molecule has 0 aliphatic carbocycles. The van der Waals surface area contributed by atoms with Crippen LogP contribution in [0.25, 0.3) is 0 Å². The van der Waals surface area contributed by atoms with Gasteiger partial charge in [0.05, 0.1) is 6.61 Å². The van der Waals surface area contributed by atoms with E-state index in [1.807, 2.05) is 12.1 Å². The Labute approximate surface area is 159 Å². The van der Waals surface area contributed by atoms with Gasteiger partial charge in [0.15, 0.2) is 0 Å². The molecule has 0 aliphatic heterocycles. The number of amides is 1. The van der Waals surface area contributed by atoms with Crippen LogP contribution in [-0.4, -0.2) is 19.2 Å². The maximum absolute atomic E-state index is 11.5. The van der Waals surface area contributed by atoms with Crippen molar-refractivity contribution >= 4 is 24.2 Å². The minimum absolute atomic E-state index is 0. The quantitative estimate of drug-likeness (QED) is 0.438. The van der Waals surface area contributed by atoms with Gasteiger partial charge >= 0.3 is 6.09 Å². The first-order valence-electron chi connectivity index (χ1n) is 9.49. The number of benzene rings is 1. The molecule has 5 heteroatoms. The van der Waals surface area contributed by atoms with Gasteiger partial charge < -0.3 is 10.5 Å². The average molecular weight is 371 g/mol. The Morgan fingerprint density at radius 3 is 2.16 bits per heavy atom. The van der Waals surface area contributed by atoms with Crippen LogP contribution in [0.1, 0.15) is 70.3 Å². The molecule has 0 atom stereocenters. The van der Waals surface area contributed by atoms with Gasteiger partial charge in [-0.25, -0.2) is 4.79 Å². The molecule has 0 radical (unpaired) electrons. The van der Waals surface area contributed by atoms with Gasteiger partial charge in [-0.1, -0.05) is 64.0 Å². The fourth-order valence-electron chi connectivity index (χ4n) is 2.62. The van der Waals surface area contributed by atoms with E-state index in [0.717, 1.165) is 12.1 Å². The van der Waals surface area contributed by atoms with E-state index in [-0.39, 0.29) is 12.4 Å². The summed E-state index contributed by atoms with van der Waals surface area (Å²) in [5, 5.41) is 2.73. The number of carbonyl (C=O) groups excluding carboxylic acids is 1. The Balaban J connectivity index is 0.00000576. The second-order valence-corrected chi connectivity index (χ2v) is 6.32. The summed E-state index contributed by atoms with van der Waals surface area (Å²) in [6, 6.07) is 8.03. The predicted octanol–water partition coefficient (Wildman–Crippen LogP) is 5.69. The largest absolute Gasteiger partial charge is 0.449 e. The smallest absolute Gasteiger partial charge is 0.411 e. The molecule has 144 valence electrons. The lowest BCUT2D eigenvalue weighted by Gasteiger charge is -2.07. The molecule has 1 rings (SSSR count). The fourth-order valence-corrected chi connectivity index (χ4v) is 2.62. The highest BCUT2D eigenvalue weighted by molar-refractivity contribution is 5.85. The van der Waals surface area contributed by atoms with Crippen molar-refractivity contribution in [1.82, 2.24) is 0 Å². The molecule has 1 amide bonds. The van der Waals surface area contributed by atoms with Crippen molar-refractivity contribution in [2.75, 3.05) is 18.5 Å². The molecule has 0 aliphatic rings. The predicted molar refractivity (Wildman–Crippen MR) is 109 cm³/mol. The lowest BCUT2D eigenvalue weighted by atomic mass is 10.0. The van der Waals surface area contributed by atoms with E-state index in [1.165, 1.54) is 56.9 Å². The zero-order chi connectivity index (χ0) is 17.5. The summed E-state index contributed by atoms with van der Waals surface area (Å²) in [5.74, 6) is 0. The maximum atomic E-state index is 11.5. The molecule has 0 aromatic heterocycles. The molecule has 4 nitrogen and oxygen atoms in total. The third-order valence-corrected chi connectivity index (χ3v) is 4.10. The maximum Gasteiger partial charge on any atom is 0.411 e. The summed E-state index contributed by atoms with van der Waals surface area (Å²) in [4.78, 5) is 11.5. The number of nitrogens with two attached hydrogens (primary N) is 1. The van der Waals surface area contributed by atoms with Crippen molar-refractivity contribution in [1.29, 1.82) is 0 Å². The number of unbranched alkanes of at least 4 members (excludes halogenated alkanes) is 7. The van der Waals surface area contributed by atoms with E-state index in [2.05, 4.69) is 24.4 Å². The summed E-state index contributed by atoms with van der Waals surface area (Å²) in [6.07, 6.45) is 12.1. The van der Waals surface area contributed by atoms with Crippen LogP contribution in [0.5, 0.6) is 0 Å². The summed E-state index contributed by atoms with van der Waals surface area (Å²) < 4.78 is 5.01. The lowest BCUT2D eigenvalue weighted by Crippen LogP contribution is -2.15. The van der Waals surface area contributed by atoms with Crippen LogP contribution in [0.2, 0.25) is 0 Å². The lowest BCUT2D eigenvalue weighted by molar-refractivity contribution is 0.161. The van der Waals surface area contributed by atoms with Gasteiger partial charge in [0.2, 0.25) is 0 Å². The number of aryl methyl sites for hydroxylation is 1. The molecule has 0 saturated heterocycles. The number of ether oxygens (including phenoxy) is 1. The molecule has 0 bridgehead atoms.